The first kappa shape index (κ1) is 14.6. The maximum atomic E-state index is 12.8. The zero-order valence-electron chi connectivity index (χ0n) is 10.4. The van der Waals surface area contributed by atoms with Crippen molar-refractivity contribution in [3.63, 3.8) is 0 Å². The Kier molecular flexibility index (Phi) is 4.47. The van der Waals surface area contributed by atoms with Crippen LogP contribution in [0.4, 0.5) is 10.1 Å². The maximum absolute atomic E-state index is 12.8. The number of rotatable bonds is 3. The van der Waals surface area contributed by atoms with Gasteiger partial charge in [0.2, 0.25) is 0 Å². The minimum atomic E-state index is -0.485. The predicted molar refractivity (Wildman–Crippen MR) is 77.4 cm³/mol. The van der Waals surface area contributed by atoms with Crippen LogP contribution in [0.1, 0.15) is 10.4 Å². The number of nitrogens with one attached hydrogen (secondary N) is 1. The van der Waals surface area contributed by atoms with Crippen molar-refractivity contribution >= 4 is 34.8 Å². The van der Waals surface area contributed by atoms with E-state index in [2.05, 4.69) is 5.32 Å². The van der Waals surface area contributed by atoms with Crippen molar-refractivity contribution < 1.29 is 13.9 Å². The Morgan fingerprint density at radius 3 is 2.30 bits per heavy atom. The van der Waals surface area contributed by atoms with Gasteiger partial charge in [0.1, 0.15) is 11.4 Å². The molecule has 1 N–H and O–H groups in total. The Morgan fingerprint density at radius 2 is 1.70 bits per heavy atom. The van der Waals surface area contributed by atoms with Crippen molar-refractivity contribution in [3.8, 4) is 5.75 Å². The van der Waals surface area contributed by atoms with E-state index in [0.29, 0.717) is 5.69 Å². The Bertz CT molecular complexity index is 644. The van der Waals surface area contributed by atoms with Crippen molar-refractivity contribution in [1.82, 2.24) is 0 Å². The van der Waals surface area contributed by atoms with Gasteiger partial charge in [-0.1, -0.05) is 23.2 Å². The lowest BCUT2D eigenvalue weighted by Gasteiger charge is -2.12. The Morgan fingerprint density at radius 1 is 1.10 bits per heavy atom. The van der Waals surface area contributed by atoms with Crippen LogP contribution >= 0.6 is 23.2 Å². The highest BCUT2D eigenvalue weighted by Gasteiger charge is 2.19. The summed E-state index contributed by atoms with van der Waals surface area (Å²) in [6.45, 7) is 0. The highest BCUT2D eigenvalue weighted by molar-refractivity contribution is 6.37. The van der Waals surface area contributed by atoms with E-state index in [-0.39, 0.29) is 27.2 Å². The van der Waals surface area contributed by atoms with Crippen LogP contribution in [0.5, 0.6) is 5.75 Å². The van der Waals surface area contributed by atoms with Gasteiger partial charge in [-0.2, -0.15) is 0 Å². The zero-order valence-corrected chi connectivity index (χ0v) is 11.9. The molecule has 6 heteroatoms. The topological polar surface area (TPSA) is 38.3 Å². The first-order valence-corrected chi connectivity index (χ1v) is 6.37. The largest absolute Gasteiger partial charge is 0.494 e. The molecule has 0 bridgehead atoms. The second-order valence-electron chi connectivity index (χ2n) is 3.90. The summed E-state index contributed by atoms with van der Waals surface area (Å²) < 4.78 is 17.9. The average Bonchev–Trinajstić information content (AvgIpc) is 2.43. The second kappa shape index (κ2) is 6.11. The first-order valence-electron chi connectivity index (χ1n) is 5.62. The van der Waals surface area contributed by atoms with E-state index in [0.717, 1.165) is 0 Å². The summed E-state index contributed by atoms with van der Waals surface area (Å²) in [6, 6.07) is 8.42. The summed E-state index contributed by atoms with van der Waals surface area (Å²) >= 11 is 12.0. The Labute approximate surface area is 125 Å². The summed E-state index contributed by atoms with van der Waals surface area (Å²) in [7, 11) is 1.40. The van der Waals surface area contributed by atoms with Gasteiger partial charge in [0.15, 0.2) is 5.75 Å². The molecule has 0 saturated heterocycles. The van der Waals surface area contributed by atoms with Gasteiger partial charge in [-0.25, -0.2) is 4.39 Å². The van der Waals surface area contributed by atoms with Crippen LogP contribution < -0.4 is 10.1 Å². The molecule has 0 aliphatic carbocycles. The number of carbonyl (C=O) groups is 1. The lowest BCUT2D eigenvalue weighted by atomic mass is 10.1. The Hall–Kier alpha value is -1.78. The number of anilines is 1. The quantitative estimate of drug-likeness (QED) is 0.912. The molecular weight excluding hydrogens is 304 g/mol. The van der Waals surface area contributed by atoms with E-state index < -0.39 is 5.91 Å². The summed E-state index contributed by atoms with van der Waals surface area (Å²) in [5.74, 6) is -0.680. The molecule has 2 aromatic rings. The average molecular weight is 314 g/mol. The van der Waals surface area contributed by atoms with Crippen LogP contribution in [0.15, 0.2) is 36.4 Å². The van der Waals surface area contributed by atoms with Crippen molar-refractivity contribution in [3.05, 3.63) is 57.8 Å². The molecule has 0 aromatic heterocycles. The summed E-state index contributed by atoms with van der Waals surface area (Å²) in [5.41, 5.74) is 0.570. The number of methoxy groups -OCH3 is 1. The number of ether oxygens (including phenoxy) is 1. The molecule has 0 spiro atoms. The van der Waals surface area contributed by atoms with Crippen molar-refractivity contribution in [2.45, 2.75) is 0 Å². The summed E-state index contributed by atoms with van der Waals surface area (Å²) in [5, 5.41) is 3.09. The van der Waals surface area contributed by atoms with Gasteiger partial charge in [0, 0.05) is 5.69 Å². The van der Waals surface area contributed by atoms with Gasteiger partial charge < -0.3 is 10.1 Å². The molecule has 0 atom stereocenters. The molecule has 104 valence electrons. The maximum Gasteiger partial charge on any atom is 0.261 e. The fourth-order valence-corrected chi connectivity index (χ4v) is 2.14. The van der Waals surface area contributed by atoms with Crippen LogP contribution in [0, 0.1) is 5.82 Å². The molecule has 20 heavy (non-hydrogen) atoms. The monoisotopic (exact) mass is 313 g/mol. The third kappa shape index (κ3) is 3.03. The Balaban J connectivity index is 2.34. The predicted octanol–water partition coefficient (Wildman–Crippen LogP) is 4.39. The molecule has 2 aromatic carbocycles. The molecule has 0 radical (unpaired) electrons. The number of hydrogen-bond acceptors (Lipinski definition) is 2. The molecule has 2 rings (SSSR count). The van der Waals surface area contributed by atoms with Gasteiger partial charge >= 0.3 is 0 Å². The number of amides is 1. The van der Waals surface area contributed by atoms with E-state index in [1.807, 2.05) is 0 Å². The molecule has 0 heterocycles. The van der Waals surface area contributed by atoms with Crippen LogP contribution in [-0.4, -0.2) is 13.0 Å². The lowest BCUT2D eigenvalue weighted by molar-refractivity contribution is 0.102. The normalized spacial score (nSPS) is 10.2. The molecule has 0 saturated carbocycles. The van der Waals surface area contributed by atoms with Crippen LogP contribution in [0.25, 0.3) is 0 Å². The SMILES string of the molecule is COc1c(Cl)ccc(Cl)c1C(=O)Nc1ccc(F)cc1. The van der Waals surface area contributed by atoms with Gasteiger partial charge in [-0.3, -0.25) is 4.79 Å². The minimum absolute atomic E-state index is 0.131. The van der Waals surface area contributed by atoms with Crippen LogP contribution in [0.2, 0.25) is 10.0 Å². The second-order valence-corrected chi connectivity index (χ2v) is 4.71. The van der Waals surface area contributed by atoms with Gasteiger partial charge in [-0.05, 0) is 36.4 Å². The minimum Gasteiger partial charge on any atom is -0.494 e. The lowest BCUT2D eigenvalue weighted by Crippen LogP contribution is -2.14. The fraction of sp³-hybridized carbons (Fsp3) is 0.0714. The highest BCUT2D eigenvalue weighted by Crippen LogP contribution is 2.34. The molecule has 0 aliphatic heterocycles. The van der Waals surface area contributed by atoms with Gasteiger partial charge in [-0.15, -0.1) is 0 Å². The van der Waals surface area contributed by atoms with Crippen molar-refractivity contribution in [2.24, 2.45) is 0 Å². The van der Waals surface area contributed by atoms with Gasteiger partial charge in [0.25, 0.3) is 5.91 Å². The molecule has 0 fully saturated rings. The highest BCUT2D eigenvalue weighted by atomic mass is 35.5. The van der Waals surface area contributed by atoms with Crippen molar-refractivity contribution in [2.75, 3.05) is 12.4 Å². The van der Waals surface area contributed by atoms with Crippen LogP contribution in [-0.2, 0) is 0 Å². The van der Waals surface area contributed by atoms with E-state index in [4.69, 9.17) is 27.9 Å². The van der Waals surface area contributed by atoms with Gasteiger partial charge in [0.05, 0.1) is 17.2 Å². The van der Waals surface area contributed by atoms with E-state index >= 15 is 0 Å². The standard InChI is InChI=1S/C14H10Cl2FNO2/c1-20-13-11(16)7-6-10(15)12(13)14(19)18-9-4-2-8(17)3-5-9/h2-7H,1H3,(H,18,19). The summed E-state index contributed by atoms with van der Waals surface area (Å²) in [6.07, 6.45) is 0. The number of hydrogen-bond donors (Lipinski definition) is 1. The van der Waals surface area contributed by atoms with Crippen molar-refractivity contribution in [1.29, 1.82) is 0 Å². The van der Waals surface area contributed by atoms with E-state index in [1.165, 1.54) is 43.5 Å². The third-order valence-electron chi connectivity index (χ3n) is 2.59. The molecule has 0 aliphatic rings. The smallest absolute Gasteiger partial charge is 0.261 e. The van der Waals surface area contributed by atoms with Crippen LogP contribution in [0.3, 0.4) is 0 Å². The first-order chi connectivity index (χ1) is 9.52. The molecule has 0 unspecified atom stereocenters. The summed E-state index contributed by atoms with van der Waals surface area (Å²) in [4.78, 5) is 12.2. The molecular formula is C14H10Cl2FNO2. The zero-order chi connectivity index (χ0) is 14.7. The fourth-order valence-electron chi connectivity index (χ4n) is 1.67. The molecule has 3 nitrogen and oxygen atoms in total. The number of benzene rings is 2. The number of carbonyl (C=O) groups excluding carboxylic acids is 1. The van der Waals surface area contributed by atoms with E-state index in [1.54, 1.807) is 0 Å². The third-order valence-corrected chi connectivity index (χ3v) is 3.20. The number of halogens is 3. The molecule has 1 amide bonds. The van der Waals surface area contributed by atoms with E-state index in [9.17, 15) is 9.18 Å².